The van der Waals surface area contributed by atoms with E-state index < -0.39 is 8.07 Å². The lowest BCUT2D eigenvalue weighted by molar-refractivity contribution is 0.0105. The van der Waals surface area contributed by atoms with Crippen LogP contribution in [0, 0.1) is 5.82 Å². The molecule has 0 radical (unpaired) electrons. The first-order chi connectivity index (χ1) is 20.4. The van der Waals surface area contributed by atoms with Crippen molar-refractivity contribution in [3.8, 4) is 11.5 Å². The Hall–Kier alpha value is -3.23. The lowest BCUT2D eigenvalue weighted by atomic mass is 9.88. The van der Waals surface area contributed by atoms with Gasteiger partial charge in [0, 0.05) is 38.1 Å². The number of para-hydroxylation sites is 1. The largest absolute Gasteiger partial charge is 0.488 e. The maximum absolute atomic E-state index is 13.5. The third kappa shape index (κ3) is 8.41. The molecule has 4 aromatic rings. The smallest absolute Gasteiger partial charge is 0.189 e. The molecule has 0 spiro atoms. The molecule has 1 heterocycles. The van der Waals surface area contributed by atoms with Crippen LogP contribution in [0.15, 0.2) is 84.9 Å². The van der Waals surface area contributed by atoms with Gasteiger partial charge in [0.15, 0.2) is 6.79 Å². The van der Waals surface area contributed by atoms with Gasteiger partial charge in [0.05, 0.1) is 12.7 Å². The highest BCUT2D eigenvalue weighted by atomic mass is 28.3. The van der Waals surface area contributed by atoms with E-state index in [1.54, 1.807) is 0 Å². The third-order valence-electron chi connectivity index (χ3n) is 7.72. The standard InChI is InChI=1S/C35H42FNO4Si/c1-42(2,3)19-18-38-25-41-33-11-7-5-9-29(33)24-40-34-21-26(20-28-8-4-6-10-31(28)34)23-39-35-22-37-17-16-32(35)27-12-14-30(36)15-13-27/h4-15,20-21,32,35,37H,16-19,22-25H2,1-3H3. The number of hydrogen-bond donors (Lipinski definition) is 1. The number of ether oxygens (including phenoxy) is 4. The van der Waals surface area contributed by atoms with Crippen molar-refractivity contribution < 1.29 is 23.3 Å². The SMILES string of the molecule is C[Si](C)(C)CCOCOc1ccccc1COc1cc(COC2CNCCC2c2ccc(F)cc2)cc2ccccc12. The summed E-state index contributed by atoms with van der Waals surface area (Å²) in [6.07, 6.45) is 0.949. The molecule has 42 heavy (non-hydrogen) atoms. The van der Waals surface area contributed by atoms with Gasteiger partial charge in [0.1, 0.15) is 23.9 Å². The van der Waals surface area contributed by atoms with Gasteiger partial charge in [-0.3, -0.25) is 0 Å². The van der Waals surface area contributed by atoms with E-state index in [-0.39, 0.29) is 24.6 Å². The Kier molecular flexibility index (Phi) is 10.3. The highest BCUT2D eigenvalue weighted by Crippen LogP contribution is 2.32. The quantitative estimate of drug-likeness (QED) is 0.0979. The van der Waals surface area contributed by atoms with Crippen molar-refractivity contribution in [2.24, 2.45) is 0 Å². The van der Waals surface area contributed by atoms with Crippen LogP contribution in [0.5, 0.6) is 11.5 Å². The topological polar surface area (TPSA) is 49.0 Å². The van der Waals surface area contributed by atoms with E-state index in [4.69, 9.17) is 18.9 Å². The summed E-state index contributed by atoms with van der Waals surface area (Å²) in [7, 11) is -1.14. The van der Waals surface area contributed by atoms with Crippen LogP contribution in [0.1, 0.15) is 29.0 Å². The number of halogens is 1. The molecule has 0 amide bonds. The fourth-order valence-corrected chi connectivity index (χ4v) is 6.06. The van der Waals surface area contributed by atoms with Crippen LogP contribution in [-0.2, 0) is 22.7 Å². The predicted octanol–water partition coefficient (Wildman–Crippen LogP) is 7.91. The highest BCUT2D eigenvalue weighted by molar-refractivity contribution is 6.76. The summed E-state index contributed by atoms with van der Waals surface area (Å²) in [6, 6.07) is 28.4. The minimum atomic E-state index is -1.14. The van der Waals surface area contributed by atoms with Crippen LogP contribution in [0.25, 0.3) is 10.8 Å². The second kappa shape index (κ2) is 14.3. The van der Waals surface area contributed by atoms with E-state index in [2.05, 4.69) is 49.2 Å². The Morgan fingerprint density at radius 1 is 0.857 bits per heavy atom. The maximum atomic E-state index is 13.5. The third-order valence-corrected chi connectivity index (χ3v) is 9.43. The zero-order valence-corrected chi connectivity index (χ0v) is 25.9. The first-order valence-corrected chi connectivity index (χ1v) is 18.6. The lowest BCUT2D eigenvalue weighted by Gasteiger charge is -2.32. The Labute approximate surface area is 250 Å². The average molecular weight is 588 g/mol. The summed E-state index contributed by atoms with van der Waals surface area (Å²) in [5.74, 6) is 1.59. The molecule has 1 aliphatic heterocycles. The number of fused-ring (bicyclic) bond motifs is 1. The van der Waals surface area contributed by atoms with E-state index in [0.29, 0.717) is 13.2 Å². The average Bonchev–Trinajstić information content (AvgIpc) is 2.99. The summed E-state index contributed by atoms with van der Waals surface area (Å²) in [4.78, 5) is 0. The van der Waals surface area contributed by atoms with E-state index in [0.717, 1.165) is 71.1 Å². The molecule has 1 aliphatic rings. The van der Waals surface area contributed by atoms with Gasteiger partial charge in [0.2, 0.25) is 0 Å². The van der Waals surface area contributed by atoms with E-state index >= 15 is 0 Å². The number of benzene rings is 4. The van der Waals surface area contributed by atoms with Crippen LogP contribution in [0.2, 0.25) is 25.7 Å². The molecule has 2 unspecified atom stereocenters. The first-order valence-electron chi connectivity index (χ1n) is 14.9. The van der Waals surface area contributed by atoms with Crippen LogP contribution < -0.4 is 14.8 Å². The van der Waals surface area contributed by atoms with Crippen LogP contribution in [0.4, 0.5) is 4.39 Å². The predicted molar refractivity (Wildman–Crippen MR) is 170 cm³/mol. The lowest BCUT2D eigenvalue weighted by Crippen LogP contribution is -2.40. The van der Waals surface area contributed by atoms with Crippen molar-refractivity contribution in [1.82, 2.24) is 5.32 Å². The van der Waals surface area contributed by atoms with Gasteiger partial charge in [-0.1, -0.05) is 74.2 Å². The molecule has 4 aromatic carbocycles. The zero-order valence-electron chi connectivity index (χ0n) is 24.9. The Morgan fingerprint density at radius 2 is 1.64 bits per heavy atom. The van der Waals surface area contributed by atoms with Crippen molar-refractivity contribution in [1.29, 1.82) is 0 Å². The second-order valence-corrected chi connectivity index (χ2v) is 17.8. The molecule has 7 heteroatoms. The van der Waals surface area contributed by atoms with Gasteiger partial charge in [0.25, 0.3) is 0 Å². The number of nitrogens with one attached hydrogen (secondary N) is 1. The van der Waals surface area contributed by atoms with Crippen molar-refractivity contribution >= 4 is 18.8 Å². The molecule has 1 fully saturated rings. The van der Waals surface area contributed by atoms with Gasteiger partial charge in [-0.2, -0.15) is 0 Å². The summed E-state index contributed by atoms with van der Waals surface area (Å²) >= 11 is 0. The molecular formula is C35H42FNO4Si. The van der Waals surface area contributed by atoms with Crippen molar-refractivity contribution in [2.75, 3.05) is 26.5 Å². The van der Waals surface area contributed by atoms with Gasteiger partial charge in [-0.05, 0) is 65.9 Å². The van der Waals surface area contributed by atoms with E-state index in [1.807, 2.05) is 48.5 Å². The van der Waals surface area contributed by atoms with Gasteiger partial charge in [-0.25, -0.2) is 4.39 Å². The van der Waals surface area contributed by atoms with Crippen molar-refractivity contribution in [3.63, 3.8) is 0 Å². The normalized spacial score (nSPS) is 17.3. The highest BCUT2D eigenvalue weighted by Gasteiger charge is 2.27. The molecule has 0 aliphatic carbocycles. The molecule has 2 atom stereocenters. The molecule has 222 valence electrons. The van der Waals surface area contributed by atoms with Crippen LogP contribution in [0.3, 0.4) is 0 Å². The zero-order chi connectivity index (χ0) is 29.4. The molecule has 0 bridgehead atoms. The number of hydrogen-bond acceptors (Lipinski definition) is 5. The van der Waals surface area contributed by atoms with Gasteiger partial charge in [-0.15, -0.1) is 0 Å². The van der Waals surface area contributed by atoms with Crippen molar-refractivity contribution in [3.05, 3.63) is 107 Å². The molecule has 5 rings (SSSR count). The first kappa shape index (κ1) is 30.2. The minimum Gasteiger partial charge on any atom is -0.488 e. The van der Waals surface area contributed by atoms with Crippen LogP contribution >= 0.6 is 0 Å². The summed E-state index contributed by atoms with van der Waals surface area (Å²) in [5, 5.41) is 5.61. The van der Waals surface area contributed by atoms with E-state index in [1.165, 1.54) is 12.1 Å². The van der Waals surface area contributed by atoms with Gasteiger partial charge < -0.3 is 24.3 Å². The molecule has 0 aromatic heterocycles. The van der Waals surface area contributed by atoms with Crippen LogP contribution in [-0.4, -0.2) is 40.7 Å². The molecular weight excluding hydrogens is 545 g/mol. The minimum absolute atomic E-state index is 0.00274. The monoisotopic (exact) mass is 587 g/mol. The fourth-order valence-electron chi connectivity index (χ4n) is 5.30. The Bertz CT molecular complexity index is 1440. The molecule has 1 saturated heterocycles. The number of piperidine rings is 1. The van der Waals surface area contributed by atoms with E-state index in [9.17, 15) is 4.39 Å². The Balaban J connectivity index is 1.26. The molecule has 1 N–H and O–H groups in total. The molecule has 5 nitrogen and oxygen atoms in total. The van der Waals surface area contributed by atoms with Crippen molar-refractivity contribution in [2.45, 2.75) is 57.3 Å². The second-order valence-electron chi connectivity index (χ2n) is 12.2. The Morgan fingerprint density at radius 3 is 2.48 bits per heavy atom. The van der Waals surface area contributed by atoms with Gasteiger partial charge >= 0.3 is 0 Å². The maximum Gasteiger partial charge on any atom is 0.189 e. The summed E-state index contributed by atoms with van der Waals surface area (Å²) < 4.78 is 38.2. The molecule has 0 saturated carbocycles. The number of rotatable bonds is 13. The summed E-state index contributed by atoms with van der Waals surface area (Å²) in [5.41, 5.74) is 3.13. The summed E-state index contributed by atoms with van der Waals surface area (Å²) in [6.45, 7) is 10.5. The fraction of sp³-hybridized carbons (Fsp3) is 0.371.